The predicted molar refractivity (Wildman–Crippen MR) is 112 cm³/mol. The molecular formula is C20H20ClF2N3O5S. The number of aromatic nitrogens is 2. The molecule has 0 bridgehead atoms. The normalized spacial score (nSPS) is 17.4. The Hall–Kier alpha value is -2.63. The van der Waals surface area contributed by atoms with Gasteiger partial charge in [0.05, 0.1) is 30.6 Å². The highest BCUT2D eigenvalue weighted by molar-refractivity contribution is 7.93. The van der Waals surface area contributed by atoms with Crippen LogP contribution in [0.15, 0.2) is 42.1 Å². The molecule has 2 atom stereocenters. The lowest BCUT2D eigenvalue weighted by Gasteiger charge is -2.40. The second-order valence-corrected chi connectivity index (χ2v) is 9.64. The van der Waals surface area contributed by atoms with Gasteiger partial charge in [-0.1, -0.05) is 29.8 Å². The van der Waals surface area contributed by atoms with Crippen LogP contribution >= 0.6 is 11.6 Å². The van der Waals surface area contributed by atoms with Crippen LogP contribution in [0, 0.1) is 5.82 Å². The molecule has 1 aliphatic heterocycles. The van der Waals surface area contributed by atoms with Crippen LogP contribution in [0.3, 0.4) is 0 Å². The van der Waals surface area contributed by atoms with Crippen LogP contribution in [0.25, 0.3) is 0 Å². The van der Waals surface area contributed by atoms with Crippen LogP contribution in [0.2, 0.25) is 5.02 Å². The van der Waals surface area contributed by atoms with E-state index in [4.69, 9.17) is 21.1 Å². The third-order valence-electron chi connectivity index (χ3n) is 4.48. The Bertz CT molecular complexity index is 1120. The molecule has 2 aromatic rings. The summed E-state index contributed by atoms with van der Waals surface area (Å²) in [4.78, 5) is 20.0. The van der Waals surface area contributed by atoms with E-state index >= 15 is 4.39 Å². The Morgan fingerprint density at radius 1 is 1.34 bits per heavy atom. The molecule has 2 heterocycles. The molecule has 172 valence electrons. The van der Waals surface area contributed by atoms with Gasteiger partial charge >= 0.3 is 0 Å². The number of amides is 1. The summed E-state index contributed by atoms with van der Waals surface area (Å²) in [7, 11) is -3.33. The second-order valence-electron chi connectivity index (χ2n) is 7.33. The summed E-state index contributed by atoms with van der Waals surface area (Å²) in [5.74, 6) is -1.55. The number of hydrogen-bond donors (Lipinski definition) is 1. The number of rotatable bonds is 8. The Morgan fingerprint density at radius 3 is 2.56 bits per heavy atom. The number of halogens is 3. The molecule has 0 radical (unpaired) electrons. The van der Waals surface area contributed by atoms with Crippen molar-refractivity contribution in [2.24, 2.45) is 0 Å². The van der Waals surface area contributed by atoms with Crippen LogP contribution < -0.4 is 10.1 Å². The van der Waals surface area contributed by atoms with Gasteiger partial charge in [-0.05, 0) is 13.0 Å². The lowest BCUT2D eigenvalue weighted by atomic mass is 9.90. The maximum Gasteiger partial charge on any atom is 0.289 e. The smallest absolute Gasteiger partial charge is 0.289 e. The number of ether oxygens (including phenoxy) is 2. The fraction of sp³-hybridized carbons (Fsp3) is 0.350. The molecule has 1 amide bonds. The number of alkyl halides is 1. The Labute approximate surface area is 188 Å². The maximum atomic E-state index is 15.2. The van der Waals surface area contributed by atoms with Gasteiger partial charge in [-0.2, -0.15) is 0 Å². The first-order valence-corrected chi connectivity index (χ1v) is 11.7. The number of carbonyl (C=O) groups is 1. The van der Waals surface area contributed by atoms with Crippen molar-refractivity contribution in [2.45, 2.75) is 24.7 Å². The molecule has 0 saturated carbocycles. The van der Waals surface area contributed by atoms with Crippen molar-refractivity contribution in [2.75, 3.05) is 19.5 Å². The Kier molecular flexibility index (Phi) is 7.11. The molecule has 1 aromatic heterocycles. The first kappa shape index (κ1) is 24.0. The summed E-state index contributed by atoms with van der Waals surface area (Å²) in [6.07, 6.45) is 3.38. The van der Waals surface area contributed by atoms with Crippen molar-refractivity contribution in [3.05, 3.63) is 64.3 Å². The van der Waals surface area contributed by atoms with Crippen molar-refractivity contribution in [3.8, 4) is 5.75 Å². The molecule has 1 saturated heterocycles. The van der Waals surface area contributed by atoms with Crippen molar-refractivity contribution >= 4 is 27.3 Å². The van der Waals surface area contributed by atoms with Crippen LogP contribution in [-0.2, 0) is 14.6 Å². The molecule has 8 nitrogen and oxygen atoms in total. The maximum absolute atomic E-state index is 15.2. The summed E-state index contributed by atoms with van der Waals surface area (Å²) >= 11 is 6.02. The van der Waals surface area contributed by atoms with E-state index in [9.17, 15) is 17.6 Å². The Morgan fingerprint density at radius 2 is 2.00 bits per heavy atom. The highest BCUT2D eigenvalue weighted by Gasteiger charge is 2.50. The van der Waals surface area contributed by atoms with Gasteiger partial charge in [0.2, 0.25) is 5.82 Å². The highest BCUT2D eigenvalue weighted by Crippen LogP contribution is 2.42. The van der Waals surface area contributed by atoms with Crippen LogP contribution in [-0.4, -0.2) is 55.5 Å². The predicted octanol–water partition coefficient (Wildman–Crippen LogP) is 2.80. The number of benzene rings is 1. The van der Waals surface area contributed by atoms with Crippen LogP contribution in [0.4, 0.5) is 8.78 Å². The van der Waals surface area contributed by atoms with Gasteiger partial charge in [-0.25, -0.2) is 27.2 Å². The van der Waals surface area contributed by atoms with Crippen molar-refractivity contribution < 1.29 is 31.5 Å². The van der Waals surface area contributed by atoms with Gasteiger partial charge in [-0.15, -0.1) is 0 Å². The molecule has 1 fully saturated rings. The first-order valence-electron chi connectivity index (χ1n) is 9.37. The molecule has 1 aliphatic rings. The topological polar surface area (TPSA) is 107 Å². The fourth-order valence-electron chi connectivity index (χ4n) is 2.83. The minimum absolute atomic E-state index is 0.0285. The third-order valence-corrected chi connectivity index (χ3v) is 5.53. The van der Waals surface area contributed by atoms with E-state index in [0.717, 1.165) is 17.7 Å². The molecule has 0 aliphatic carbocycles. The zero-order chi connectivity index (χ0) is 23.5. The summed E-state index contributed by atoms with van der Waals surface area (Å²) in [5, 5.41) is 3.23. The molecule has 32 heavy (non-hydrogen) atoms. The molecule has 1 aromatic carbocycles. The summed E-state index contributed by atoms with van der Waals surface area (Å²) in [6.45, 7) is 1.06. The van der Waals surface area contributed by atoms with E-state index < -0.39 is 39.4 Å². The van der Waals surface area contributed by atoms with Gasteiger partial charge < -0.3 is 14.8 Å². The lowest BCUT2D eigenvalue weighted by molar-refractivity contribution is -0.178. The zero-order valence-electron chi connectivity index (χ0n) is 17.1. The van der Waals surface area contributed by atoms with Crippen molar-refractivity contribution in [3.63, 3.8) is 0 Å². The minimum Gasteiger partial charge on any atom is -0.479 e. The third kappa shape index (κ3) is 5.78. The van der Waals surface area contributed by atoms with Gasteiger partial charge in [0.1, 0.15) is 5.82 Å². The summed E-state index contributed by atoms with van der Waals surface area (Å²) in [5.41, 5.74) is -1.83. The number of carbonyl (C=O) groups excluding carboxylic acids is 1. The molecule has 1 N–H and O–H groups in total. The first-order chi connectivity index (χ1) is 15.0. The average molecular weight is 488 g/mol. The van der Waals surface area contributed by atoms with Gasteiger partial charge in [0, 0.05) is 23.3 Å². The lowest BCUT2D eigenvalue weighted by Crippen LogP contribution is -2.52. The highest BCUT2D eigenvalue weighted by atomic mass is 35.5. The van der Waals surface area contributed by atoms with E-state index in [1.54, 1.807) is 6.92 Å². The van der Waals surface area contributed by atoms with Gasteiger partial charge in [0.25, 0.3) is 5.91 Å². The minimum atomic E-state index is -3.33. The number of nitrogens with one attached hydrogen (secondary N) is 1. The second kappa shape index (κ2) is 9.47. The van der Waals surface area contributed by atoms with Crippen molar-refractivity contribution in [1.82, 2.24) is 15.3 Å². The zero-order valence-corrected chi connectivity index (χ0v) is 18.7. The van der Waals surface area contributed by atoms with Crippen LogP contribution in [0.1, 0.15) is 29.2 Å². The fourth-order valence-corrected chi connectivity index (χ4v) is 3.58. The van der Waals surface area contributed by atoms with Gasteiger partial charge in [-0.3, -0.25) is 4.79 Å². The monoisotopic (exact) mass is 487 g/mol. The largest absolute Gasteiger partial charge is 0.479 e. The van der Waals surface area contributed by atoms with E-state index in [1.807, 2.05) is 0 Å². The molecule has 1 unspecified atom stereocenters. The summed E-state index contributed by atoms with van der Waals surface area (Å²) < 4.78 is 62.0. The Balaban J connectivity index is 1.75. The van der Waals surface area contributed by atoms with E-state index in [1.165, 1.54) is 30.6 Å². The molecule has 0 spiro atoms. The standard InChI is InChI=1S/C20H20ClF2N3O5S/c1-12(6-7-32(2,28)29)26-19(27)18-24-8-13(9-25-18)31-17(20(23)10-30-11-20)14-4-3-5-15(22)16(14)21/h3-9,12,17H,10-11H2,1-2H3,(H,26,27)/b7-6+/t12-,17?/m1/s1. The van der Waals surface area contributed by atoms with E-state index in [0.29, 0.717) is 0 Å². The van der Waals surface area contributed by atoms with Crippen LogP contribution in [0.5, 0.6) is 5.75 Å². The average Bonchev–Trinajstić information content (AvgIpc) is 2.71. The van der Waals surface area contributed by atoms with Crippen molar-refractivity contribution in [1.29, 1.82) is 0 Å². The SMILES string of the molecule is C[C@H](/C=C/S(C)(=O)=O)NC(=O)c1ncc(OC(c2cccc(F)c2Cl)C2(F)COC2)cn1. The summed E-state index contributed by atoms with van der Waals surface area (Å²) in [6, 6.07) is 3.39. The molecular weight excluding hydrogens is 468 g/mol. The number of hydrogen-bond acceptors (Lipinski definition) is 7. The number of sulfone groups is 1. The quantitative estimate of drug-likeness (QED) is 0.610. The molecule has 3 rings (SSSR count). The number of nitrogens with zero attached hydrogens (tertiary/aromatic N) is 2. The van der Waals surface area contributed by atoms with E-state index in [-0.39, 0.29) is 35.4 Å². The molecule has 12 heteroatoms. The van der Waals surface area contributed by atoms with E-state index in [2.05, 4.69) is 15.3 Å². The van der Waals surface area contributed by atoms with Gasteiger partial charge in [0.15, 0.2) is 27.4 Å².